The molecule has 1 saturated carbocycles. The van der Waals surface area contributed by atoms with E-state index in [1.165, 1.54) is 18.2 Å². The SMILES string of the molecule is O=C(NC1CCCCC1)O[C@@H]1CO[C@H]2[C@H]1OC[C@H]2n1nnnc1Sc1ncccn1. The molecule has 2 aromatic heterocycles. The third-order valence-corrected chi connectivity index (χ3v) is 6.51. The fourth-order valence-electron chi connectivity index (χ4n) is 4.22. The van der Waals surface area contributed by atoms with Gasteiger partial charge in [0, 0.05) is 18.4 Å². The van der Waals surface area contributed by atoms with Crippen LogP contribution in [0.1, 0.15) is 38.1 Å². The van der Waals surface area contributed by atoms with Crippen molar-refractivity contribution in [2.75, 3.05) is 13.2 Å². The van der Waals surface area contributed by atoms with Crippen LogP contribution in [-0.4, -0.2) is 73.8 Å². The number of aromatic nitrogens is 6. The van der Waals surface area contributed by atoms with Crippen molar-refractivity contribution in [1.82, 2.24) is 35.5 Å². The number of tetrazole rings is 1. The van der Waals surface area contributed by atoms with E-state index < -0.39 is 12.2 Å². The van der Waals surface area contributed by atoms with Crippen LogP contribution in [0.25, 0.3) is 0 Å². The van der Waals surface area contributed by atoms with Crippen LogP contribution in [0.4, 0.5) is 4.79 Å². The zero-order valence-electron chi connectivity index (χ0n) is 16.3. The predicted molar refractivity (Wildman–Crippen MR) is 103 cm³/mol. The molecule has 2 aliphatic heterocycles. The molecule has 11 nitrogen and oxygen atoms in total. The molecule has 2 aromatic rings. The number of nitrogens with one attached hydrogen (secondary N) is 1. The number of carbonyl (C=O) groups is 1. The first kappa shape index (κ1) is 19.6. The van der Waals surface area contributed by atoms with Crippen molar-refractivity contribution in [2.45, 2.75) is 72.8 Å². The van der Waals surface area contributed by atoms with E-state index >= 15 is 0 Å². The smallest absolute Gasteiger partial charge is 0.407 e. The maximum atomic E-state index is 12.3. The first-order valence-corrected chi connectivity index (χ1v) is 11.0. The van der Waals surface area contributed by atoms with Gasteiger partial charge in [0.2, 0.25) is 5.16 Å². The fraction of sp³-hybridized carbons (Fsp3) is 0.667. The second kappa shape index (κ2) is 8.82. The summed E-state index contributed by atoms with van der Waals surface area (Å²) in [6.07, 6.45) is 7.38. The van der Waals surface area contributed by atoms with E-state index in [-0.39, 0.29) is 30.9 Å². The van der Waals surface area contributed by atoms with Crippen LogP contribution in [0, 0.1) is 0 Å². The van der Waals surface area contributed by atoms with Gasteiger partial charge in [0.15, 0.2) is 11.3 Å². The average Bonchev–Trinajstić information content (AvgIpc) is 3.47. The number of alkyl carbamates (subject to hydrolysis) is 1. The third-order valence-electron chi connectivity index (χ3n) is 5.67. The zero-order chi connectivity index (χ0) is 20.3. The van der Waals surface area contributed by atoms with E-state index in [0.29, 0.717) is 16.9 Å². The summed E-state index contributed by atoms with van der Waals surface area (Å²) in [5, 5.41) is 16.1. The molecule has 4 heterocycles. The summed E-state index contributed by atoms with van der Waals surface area (Å²) in [5.74, 6) is 0. The third kappa shape index (κ3) is 4.12. The Kier molecular flexibility index (Phi) is 5.77. The largest absolute Gasteiger partial charge is 0.441 e. The minimum atomic E-state index is -0.450. The highest BCUT2D eigenvalue weighted by Crippen LogP contribution is 2.37. The first-order chi connectivity index (χ1) is 14.8. The second-order valence-electron chi connectivity index (χ2n) is 7.63. The van der Waals surface area contributed by atoms with Gasteiger partial charge in [0.25, 0.3) is 0 Å². The van der Waals surface area contributed by atoms with Crippen molar-refractivity contribution in [1.29, 1.82) is 0 Å². The van der Waals surface area contributed by atoms with Gasteiger partial charge in [-0.3, -0.25) is 0 Å². The van der Waals surface area contributed by atoms with Crippen LogP contribution in [0.3, 0.4) is 0 Å². The molecule has 2 saturated heterocycles. The number of hydrogen-bond acceptors (Lipinski definition) is 10. The molecule has 0 aromatic carbocycles. The first-order valence-electron chi connectivity index (χ1n) is 10.2. The van der Waals surface area contributed by atoms with Crippen molar-refractivity contribution in [3.05, 3.63) is 18.5 Å². The van der Waals surface area contributed by atoms with E-state index in [9.17, 15) is 4.79 Å². The second-order valence-corrected chi connectivity index (χ2v) is 8.56. The summed E-state index contributed by atoms with van der Waals surface area (Å²) in [7, 11) is 0. The Hall–Kier alpha value is -2.31. The van der Waals surface area contributed by atoms with Crippen molar-refractivity contribution in [3.8, 4) is 0 Å². The van der Waals surface area contributed by atoms with E-state index in [2.05, 4.69) is 30.8 Å². The predicted octanol–water partition coefficient (Wildman–Crippen LogP) is 1.38. The Morgan fingerprint density at radius 3 is 2.77 bits per heavy atom. The van der Waals surface area contributed by atoms with Gasteiger partial charge in [0.05, 0.1) is 13.2 Å². The Bertz CT molecular complexity index is 863. The zero-order valence-corrected chi connectivity index (χ0v) is 17.1. The van der Waals surface area contributed by atoms with Gasteiger partial charge in [-0.25, -0.2) is 19.4 Å². The highest BCUT2D eigenvalue weighted by Gasteiger charge is 2.51. The quantitative estimate of drug-likeness (QED) is 0.691. The lowest BCUT2D eigenvalue weighted by molar-refractivity contribution is 0.00152. The minimum absolute atomic E-state index is 0.197. The lowest BCUT2D eigenvalue weighted by Gasteiger charge is -2.24. The summed E-state index contributed by atoms with van der Waals surface area (Å²) < 4.78 is 19.2. The minimum Gasteiger partial charge on any atom is -0.441 e. The molecule has 1 amide bonds. The molecule has 3 aliphatic rings. The highest BCUT2D eigenvalue weighted by atomic mass is 32.2. The van der Waals surface area contributed by atoms with Crippen LogP contribution in [0.2, 0.25) is 0 Å². The number of ether oxygens (including phenoxy) is 3. The van der Waals surface area contributed by atoms with Gasteiger partial charge >= 0.3 is 6.09 Å². The Labute approximate surface area is 177 Å². The van der Waals surface area contributed by atoms with Gasteiger partial charge in [-0.1, -0.05) is 19.3 Å². The van der Waals surface area contributed by atoms with Crippen molar-refractivity contribution in [2.24, 2.45) is 0 Å². The molecular weight excluding hydrogens is 410 g/mol. The molecule has 160 valence electrons. The maximum absolute atomic E-state index is 12.3. The molecule has 3 fully saturated rings. The van der Waals surface area contributed by atoms with Crippen molar-refractivity contribution < 1.29 is 19.0 Å². The molecule has 4 atom stereocenters. The molecule has 0 unspecified atom stereocenters. The monoisotopic (exact) mass is 433 g/mol. The number of nitrogens with zero attached hydrogens (tertiary/aromatic N) is 6. The van der Waals surface area contributed by atoms with Crippen LogP contribution in [0.5, 0.6) is 0 Å². The summed E-state index contributed by atoms with van der Waals surface area (Å²) in [5.41, 5.74) is 0. The lowest BCUT2D eigenvalue weighted by atomic mass is 9.96. The Morgan fingerprint density at radius 2 is 1.93 bits per heavy atom. The fourth-order valence-corrected chi connectivity index (χ4v) is 4.95. The van der Waals surface area contributed by atoms with E-state index in [1.807, 2.05) is 0 Å². The summed E-state index contributed by atoms with van der Waals surface area (Å²) in [6.45, 7) is 0.657. The van der Waals surface area contributed by atoms with Crippen LogP contribution < -0.4 is 5.32 Å². The van der Waals surface area contributed by atoms with Gasteiger partial charge in [0.1, 0.15) is 18.2 Å². The van der Waals surface area contributed by atoms with E-state index in [1.54, 1.807) is 23.1 Å². The molecule has 12 heteroatoms. The molecule has 30 heavy (non-hydrogen) atoms. The van der Waals surface area contributed by atoms with Gasteiger partial charge in [-0.15, -0.1) is 5.10 Å². The van der Waals surface area contributed by atoms with E-state index in [0.717, 1.165) is 25.7 Å². The van der Waals surface area contributed by atoms with Gasteiger partial charge in [-0.2, -0.15) is 0 Å². The molecule has 0 bridgehead atoms. The molecule has 0 radical (unpaired) electrons. The molecule has 1 N–H and O–H groups in total. The van der Waals surface area contributed by atoms with Gasteiger partial charge < -0.3 is 19.5 Å². The van der Waals surface area contributed by atoms with Crippen LogP contribution in [0.15, 0.2) is 28.8 Å². The number of carbonyl (C=O) groups excluding carboxylic acids is 1. The summed E-state index contributed by atoms with van der Waals surface area (Å²) in [6, 6.07) is 1.73. The molecular formula is C18H23N7O4S. The average molecular weight is 433 g/mol. The van der Waals surface area contributed by atoms with Gasteiger partial charge in [-0.05, 0) is 41.1 Å². The molecule has 5 rings (SSSR count). The number of amides is 1. The number of rotatable bonds is 5. The summed E-state index contributed by atoms with van der Waals surface area (Å²) in [4.78, 5) is 20.7. The van der Waals surface area contributed by atoms with Crippen molar-refractivity contribution in [3.63, 3.8) is 0 Å². The Morgan fingerprint density at radius 1 is 1.13 bits per heavy atom. The number of fused-ring (bicyclic) bond motifs is 1. The topological polar surface area (TPSA) is 126 Å². The maximum Gasteiger partial charge on any atom is 0.407 e. The molecule has 0 spiro atoms. The van der Waals surface area contributed by atoms with E-state index in [4.69, 9.17) is 14.2 Å². The van der Waals surface area contributed by atoms with Crippen LogP contribution in [-0.2, 0) is 14.2 Å². The normalized spacial score (nSPS) is 28.9. The van der Waals surface area contributed by atoms with Crippen molar-refractivity contribution >= 4 is 17.9 Å². The van der Waals surface area contributed by atoms with Crippen LogP contribution >= 0.6 is 11.8 Å². The standard InChI is InChI=1S/C18H23N7O4S/c26-18(21-11-5-2-1-3-6-11)29-13-10-28-14-12(9-27-15(13)14)25-17(22-23-24-25)30-16-19-7-4-8-20-16/h4,7-8,11-15H,1-3,5-6,9-10H2,(H,21,26)/t12-,13-,14-,15+/m1/s1. The highest BCUT2D eigenvalue weighted by molar-refractivity contribution is 7.99. The molecule has 1 aliphatic carbocycles. The number of hydrogen-bond donors (Lipinski definition) is 1. The Balaban J connectivity index is 1.21. The lowest BCUT2D eigenvalue weighted by Crippen LogP contribution is -2.41. The summed E-state index contributed by atoms with van der Waals surface area (Å²) >= 11 is 1.27.